The standard InChI is InChI=1S/C17H13NO6/c19-14-12-7-1-2-8(3-7)13(12)15(20)18(14)11-5-9(16(21)22)4-10(6-11)17(23)24/h1-2,4-8,12-13H,3H2,(H,21,22)(H,23,24)/t7-,8-,12-,13+/m1/s1. The van der Waals surface area contributed by atoms with Crippen LogP contribution < -0.4 is 4.90 Å². The van der Waals surface area contributed by atoms with Crippen molar-refractivity contribution >= 4 is 29.4 Å². The van der Waals surface area contributed by atoms with E-state index >= 15 is 0 Å². The Hall–Kier alpha value is -2.96. The maximum Gasteiger partial charge on any atom is 0.335 e. The van der Waals surface area contributed by atoms with Gasteiger partial charge in [-0.25, -0.2) is 14.5 Å². The number of amides is 2. The summed E-state index contributed by atoms with van der Waals surface area (Å²) in [5.74, 6) is -4.17. The third-order valence-electron chi connectivity index (χ3n) is 5.14. The van der Waals surface area contributed by atoms with Crippen LogP contribution in [0.5, 0.6) is 0 Å². The first-order valence-corrected chi connectivity index (χ1v) is 7.56. The maximum atomic E-state index is 12.7. The van der Waals surface area contributed by atoms with Gasteiger partial charge in [0.25, 0.3) is 0 Å². The van der Waals surface area contributed by atoms with Crippen LogP contribution >= 0.6 is 0 Å². The summed E-state index contributed by atoms with van der Waals surface area (Å²) in [5.41, 5.74) is -0.539. The molecule has 0 unspecified atom stereocenters. The predicted molar refractivity (Wildman–Crippen MR) is 80.6 cm³/mol. The molecule has 1 saturated carbocycles. The number of allylic oxidation sites excluding steroid dienone is 2. The summed E-state index contributed by atoms with van der Waals surface area (Å²) >= 11 is 0. The van der Waals surface area contributed by atoms with Crippen molar-refractivity contribution in [1.82, 2.24) is 0 Å². The number of imide groups is 1. The molecule has 4 rings (SSSR count). The van der Waals surface area contributed by atoms with Crippen molar-refractivity contribution in [3.8, 4) is 0 Å². The Morgan fingerprint density at radius 3 is 1.75 bits per heavy atom. The number of rotatable bonds is 3. The molecule has 0 radical (unpaired) electrons. The molecule has 7 heteroatoms. The largest absolute Gasteiger partial charge is 0.478 e. The van der Waals surface area contributed by atoms with Crippen molar-refractivity contribution in [2.45, 2.75) is 6.42 Å². The van der Waals surface area contributed by atoms with Crippen molar-refractivity contribution in [2.75, 3.05) is 4.90 Å². The van der Waals surface area contributed by atoms with Crippen molar-refractivity contribution in [3.63, 3.8) is 0 Å². The number of benzene rings is 1. The Labute approximate surface area is 136 Å². The zero-order valence-electron chi connectivity index (χ0n) is 12.4. The van der Waals surface area contributed by atoms with Gasteiger partial charge >= 0.3 is 11.9 Å². The molecule has 2 amide bonds. The van der Waals surface area contributed by atoms with Gasteiger partial charge in [0.05, 0.1) is 28.7 Å². The molecular formula is C17H13NO6. The van der Waals surface area contributed by atoms with Gasteiger partial charge in [0.1, 0.15) is 0 Å². The van der Waals surface area contributed by atoms with Crippen molar-refractivity contribution in [3.05, 3.63) is 41.5 Å². The maximum absolute atomic E-state index is 12.7. The van der Waals surface area contributed by atoms with Gasteiger partial charge in [-0.2, -0.15) is 0 Å². The van der Waals surface area contributed by atoms with Crippen LogP contribution in [0.1, 0.15) is 27.1 Å². The second kappa shape index (κ2) is 4.77. The summed E-state index contributed by atoms with van der Waals surface area (Å²) < 4.78 is 0. The molecule has 1 aromatic carbocycles. The summed E-state index contributed by atoms with van der Waals surface area (Å²) in [7, 11) is 0. The lowest BCUT2D eigenvalue weighted by atomic mass is 9.85. The molecule has 24 heavy (non-hydrogen) atoms. The van der Waals surface area contributed by atoms with Crippen LogP contribution in [0, 0.1) is 23.7 Å². The highest BCUT2D eigenvalue weighted by molar-refractivity contribution is 6.23. The van der Waals surface area contributed by atoms with E-state index in [9.17, 15) is 19.2 Å². The van der Waals surface area contributed by atoms with Crippen molar-refractivity contribution in [1.29, 1.82) is 0 Å². The third kappa shape index (κ3) is 1.84. The van der Waals surface area contributed by atoms with E-state index < -0.39 is 23.8 Å². The Morgan fingerprint density at radius 1 is 0.875 bits per heavy atom. The van der Waals surface area contributed by atoms with Gasteiger partial charge in [-0.3, -0.25) is 9.59 Å². The molecule has 1 aliphatic heterocycles. The van der Waals surface area contributed by atoms with Gasteiger partial charge in [-0.05, 0) is 36.5 Å². The number of carboxylic acids is 2. The zero-order chi connectivity index (χ0) is 17.2. The lowest BCUT2D eigenvalue weighted by Gasteiger charge is -2.18. The summed E-state index contributed by atoms with van der Waals surface area (Å²) in [6.45, 7) is 0. The molecule has 2 bridgehead atoms. The summed E-state index contributed by atoms with van der Waals surface area (Å²) in [5, 5.41) is 18.3. The average molecular weight is 327 g/mol. The molecule has 1 heterocycles. The van der Waals surface area contributed by atoms with Gasteiger partial charge in [0.2, 0.25) is 11.8 Å². The summed E-state index contributed by atoms with van der Waals surface area (Å²) in [6.07, 6.45) is 4.70. The number of carbonyl (C=O) groups excluding carboxylic acids is 2. The number of carboxylic acid groups (broad SMARTS) is 2. The summed E-state index contributed by atoms with van der Waals surface area (Å²) in [4.78, 5) is 48.9. The quantitative estimate of drug-likeness (QED) is 0.641. The molecule has 3 aliphatic rings. The number of carbonyl (C=O) groups is 4. The Morgan fingerprint density at radius 2 is 1.33 bits per heavy atom. The lowest BCUT2D eigenvalue weighted by Crippen LogP contribution is -2.33. The van der Waals surface area contributed by atoms with E-state index in [2.05, 4.69) is 0 Å². The Balaban J connectivity index is 1.79. The van der Waals surface area contributed by atoms with E-state index in [4.69, 9.17) is 10.2 Å². The fraction of sp³-hybridized carbons (Fsp3) is 0.294. The number of nitrogens with zero attached hydrogens (tertiary/aromatic N) is 1. The molecule has 2 fully saturated rings. The minimum absolute atomic E-state index is 0.0103. The van der Waals surface area contributed by atoms with Gasteiger partial charge in [0.15, 0.2) is 0 Å². The molecule has 2 N–H and O–H groups in total. The van der Waals surface area contributed by atoms with Crippen LogP contribution in [0.15, 0.2) is 30.4 Å². The SMILES string of the molecule is O=C(O)c1cc(C(=O)O)cc(N2C(=O)[C@@H]3[C@H](C2=O)[C@@H]2C=C[C@@H]3C2)c1. The second-order valence-electron chi connectivity index (χ2n) is 6.39. The van der Waals surface area contributed by atoms with Crippen LogP contribution in [-0.2, 0) is 9.59 Å². The molecule has 4 atom stereocenters. The Kier molecular flexibility index (Phi) is 2.90. The van der Waals surface area contributed by atoms with Gasteiger partial charge in [-0.1, -0.05) is 12.2 Å². The predicted octanol–water partition coefficient (Wildman–Crippen LogP) is 1.39. The first-order chi connectivity index (χ1) is 11.4. The molecule has 0 aromatic heterocycles. The number of fused-ring (bicyclic) bond motifs is 5. The normalized spacial score (nSPS) is 30.1. The monoisotopic (exact) mass is 327 g/mol. The van der Waals surface area contributed by atoms with Crippen LogP contribution in [0.4, 0.5) is 5.69 Å². The van der Waals surface area contributed by atoms with Crippen molar-refractivity contribution in [2.24, 2.45) is 23.7 Å². The van der Waals surface area contributed by atoms with Gasteiger partial charge < -0.3 is 10.2 Å². The summed E-state index contributed by atoms with van der Waals surface area (Å²) in [6, 6.07) is 3.34. The zero-order valence-corrected chi connectivity index (χ0v) is 12.4. The van der Waals surface area contributed by atoms with E-state index in [1.807, 2.05) is 12.2 Å². The number of anilines is 1. The molecule has 2 aliphatic carbocycles. The van der Waals surface area contributed by atoms with E-state index in [0.29, 0.717) is 0 Å². The van der Waals surface area contributed by atoms with Crippen LogP contribution in [0.2, 0.25) is 0 Å². The topological polar surface area (TPSA) is 112 Å². The fourth-order valence-electron chi connectivity index (χ4n) is 4.14. The molecule has 7 nitrogen and oxygen atoms in total. The van der Waals surface area contributed by atoms with Gasteiger partial charge in [0, 0.05) is 0 Å². The number of aromatic carboxylic acids is 2. The van der Waals surface area contributed by atoms with E-state index in [-0.39, 0.29) is 40.5 Å². The van der Waals surface area contributed by atoms with Crippen LogP contribution in [0.25, 0.3) is 0 Å². The minimum Gasteiger partial charge on any atom is -0.478 e. The number of hydrogen-bond acceptors (Lipinski definition) is 4. The van der Waals surface area contributed by atoms with Crippen LogP contribution in [0.3, 0.4) is 0 Å². The molecule has 1 saturated heterocycles. The Bertz CT molecular complexity index is 779. The molecular weight excluding hydrogens is 314 g/mol. The average Bonchev–Trinajstić information content (AvgIpc) is 3.21. The third-order valence-corrected chi connectivity index (χ3v) is 5.14. The first kappa shape index (κ1) is 14.6. The van der Waals surface area contributed by atoms with Gasteiger partial charge in [-0.15, -0.1) is 0 Å². The van der Waals surface area contributed by atoms with E-state index in [1.165, 1.54) is 12.1 Å². The molecule has 122 valence electrons. The first-order valence-electron chi connectivity index (χ1n) is 7.56. The second-order valence-corrected chi connectivity index (χ2v) is 6.39. The smallest absolute Gasteiger partial charge is 0.335 e. The van der Waals surface area contributed by atoms with E-state index in [1.54, 1.807) is 0 Å². The fourth-order valence-corrected chi connectivity index (χ4v) is 4.14. The highest BCUT2D eigenvalue weighted by Gasteiger charge is 2.59. The highest BCUT2D eigenvalue weighted by Crippen LogP contribution is 2.53. The van der Waals surface area contributed by atoms with Crippen molar-refractivity contribution < 1.29 is 29.4 Å². The number of hydrogen-bond donors (Lipinski definition) is 2. The molecule has 0 spiro atoms. The minimum atomic E-state index is -1.32. The molecule has 1 aromatic rings. The van der Waals surface area contributed by atoms with E-state index in [0.717, 1.165) is 17.4 Å². The lowest BCUT2D eigenvalue weighted by molar-refractivity contribution is -0.123. The van der Waals surface area contributed by atoms with Crippen LogP contribution in [-0.4, -0.2) is 34.0 Å². The highest BCUT2D eigenvalue weighted by atomic mass is 16.4.